The van der Waals surface area contributed by atoms with E-state index < -0.39 is 0 Å². The quantitative estimate of drug-likeness (QED) is 0.828. The number of nitriles is 1. The molecule has 0 saturated carbocycles. The van der Waals surface area contributed by atoms with Gasteiger partial charge in [0.25, 0.3) is 0 Å². The number of hydrogen-bond donors (Lipinski definition) is 1. The lowest BCUT2D eigenvalue weighted by Crippen LogP contribution is -2.54. The van der Waals surface area contributed by atoms with E-state index in [4.69, 9.17) is 5.26 Å². The molecule has 1 aromatic carbocycles. The zero-order valence-corrected chi connectivity index (χ0v) is 16.6. The smallest absolute Gasteiger partial charge is 0.178 e. The average Bonchev–Trinajstić information content (AvgIpc) is 2.97. The van der Waals surface area contributed by atoms with Crippen molar-refractivity contribution in [1.29, 1.82) is 5.26 Å². The van der Waals surface area contributed by atoms with E-state index in [1.807, 2.05) is 32.0 Å². The molecule has 0 amide bonds. The molecule has 2 saturated heterocycles. The molecule has 0 aliphatic carbocycles. The molecule has 5 heteroatoms. The minimum Gasteiger partial charge on any atom is -0.393 e. The first-order chi connectivity index (χ1) is 13.5. The molecule has 2 aromatic rings. The van der Waals surface area contributed by atoms with Crippen molar-refractivity contribution in [3.8, 4) is 11.8 Å². The summed E-state index contributed by atoms with van der Waals surface area (Å²) in [5, 5.41) is 19.1. The summed E-state index contributed by atoms with van der Waals surface area (Å²) in [6, 6.07) is 12.2. The number of aromatic nitrogens is 1. The van der Waals surface area contributed by atoms with Gasteiger partial charge in [0.15, 0.2) is 5.78 Å². The predicted molar refractivity (Wildman–Crippen MR) is 108 cm³/mol. The Morgan fingerprint density at radius 2 is 1.82 bits per heavy atom. The molecule has 2 unspecified atom stereocenters. The number of aryl methyl sites for hydroxylation is 1. The lowest BCUT2D eigenvalue weighted by atomic mass is 9.82. The van der Waals surface area contributed by atoms with Gasteiger partial charge in [0.05, 0.1) is 24.3 Å². The van der Waals surface area contributed by atoms with Gasteiger partial charge in [0, 0.05) is 34.7 Å². The first kappa shape index (κ1) is 18.9. The second-order valence-corrected chi connectivity index (χ2v) is 8.24. The van der Waals surface area contributed by atoms with E-state index in [-0.39, 0.29) is 11.9 Å². The minimum atomic E-state index is -0.219. The normalized spacial score (nSPS) is 24.7. The van der Waals surface area contributed by atoms with Crippen LogP contribution in [0.15, 0.2) is 30.3 Å². The number of Topliss-reactive ketones (excluding diaryl/α,β-unsaturated/α-hetero) is 1. The summed E-state index contributed by atoms with van der Waals surface area (Å²) in [4.78, 5) is 15.5. The third kappa shape index (κ3) is 3.39. The van der Waals surface area contributed by atoms with Crippen LogP contribution in [0.3, 0.4) is 0 Å². The Balaban J connectivity index is 1.58. The van der Waals surface area contributed by atoms with Gasteiger partial charge in [-0.25, -0.2) is 0 Å². The van der Waals surface area contributed by atoms with Gasteiger partial charge in [-0.2, -0.15) is 5.26 Å². The molecule has 2 aliphatic rings. The molecule has 1 N–H and O–H groups in total. The number of aliphatic hydroxyl groups excluding tert-OH is 1. The third-order valence-electron chi connectivity index (χ3n) is 6.41. The van der Waals surface area contributed by atoms with Crippen LogP contribution in [0, 0.1) is 25.2 Å². The number of carbonyl (C=O) groups is 1. The van der Waals surface area contributed by atoms with E-state index in [2.05, 4.69) is 15.5 Å². The van der Waals surface area contributed by atoms with E-state index in [0.29, 0.717) is 24.2 Å². The fourth-order valence-corrected chi connectivity index (χ4v) is 5.09. The number of aliphatic hydroxyl groups is 1. The lowest BCUT2D eigenvalue weighted by molar-refractivity contribution is -0.0225. The Bertz CT molecular complexity index is 909. The number of hydrogen-bond acceptors (Lipinski definition) is 4. The minimum absolute atomic E-state index is 0.154. The van der Waals surface area contributed by atoms with Crippen LogP contribution in [0.1, 0.15) is 59.4 Å². The first-order valence-corrected chi connectivity index (χ1v) is 10.1. The van der Waals surface area contributed by atoms with Crippen molar-refractivity contribution >= 4 is 5.78 Å². The highest BCUT2D eigenvalue weighted by Gasteiger charge is 2.38. The Morgan fingerprint density at radius 3 is 2.43 bits per heavy atom. The van der Waals surface area contributed by atoms with Crippen LogP contribution in [0.2, 0.25) is 0 Å². The second-order valence-electron chi connectivity index (χ2n) is 8.24. The van der Waals surface area contributed by atoms with Crippen LogP contribution in [0.5, 0.6) is 0 Å². The van der Waals surface area contributed by atoms with E-state index in [0.717, 1.165) is 48.3 Å². The van der Waals surface area contributed by atoms with Crippen LogP contribution in [-0.2, 0) is 0 Å². The Morgan fingerprint density at radius 1 is 1.18 bits per heavy atom. The van der Waals surface area contributed by atoms with Gasteiger partial charge in [0.1, 0.15) is 0 Å². The average molecular weight is 377 g/mol. The number of rotatable bonds is 4. The maximum atomic E-state index is 13.2. The molecule has 0 radical (unpaired) electrons. The SMILES string of the molecule is Cc1cc(C(=O)CN2C3CCCC2CC(O)C3)c(C)n1-c1ccc(C#N)cc1. The van der Waals surface area contributed by atoms with Crippen LogP contribution < -0.4 is 0 Å². The Hall–Kier alpha value is -2.42. The highest BCUT2D eigenvalue weighted by atomic mass is 16.3. The fourth-order valence-electron chi connectivity index (χ4n) is 5.09. The van der Waals surface area contributed by atoms with E-state index in [9.17, 15) is 9.90 Å². The zero-order valence-electron chi connectivity index (χ0n) is 16.6. The molecule has 4 rings (SSSR count). The molecule has 146 valence electrons. The number of nitrogens with zero attached hydrogens (tertiary/aromatic N) is 3. The highest BCUT2D eigenvalue weighted by molar-refractivity contribution is 5.99. The van der Waals surface area contributed by atoms with Crippen molar-refractivity contribution in [2.24, 2.45) is 0 Å². The van der Waals surface area contributed by atoms with Crippen molar-refractivity contribution in [3.63, 3.8) is 0 Å². The van der Waals surface area contributed by atoms with Gasteiger partial charge < -0.3 is 9.67 Å². The summed E-state index contributed by atoms with van der Waals surface area (Å²) in [7, 11) is 0. The van der Waals surface area contributed by atoms with Crippen molar-refractivity contribution in [1.82, 2.24) is 9.47 Å². The fraction of sp³-hybridized carbons (Fsp3) is 0.478. The van der Waals surface area contributed by atoms with Gasteiger partial charge in [-0.15, -0.1) is 0 Å². The second kappa shape index (κ2) is 7.54. The van der Waals surface area contributed by atoms with Gasteiger partial charge in [-0.3, -0.25) is 9.69 Å². The molecule has 3 heterocycles. The Kier molecular flexibility index (Phi) is 5.09. The molecule has 0 spiro atoms. The Labute approximate surface area is 166 Å². The molecular formula is C23H27N3O2. The summed E-state index contributed by atoms with van der Waals surface area (Å²) < 4.78 is 2.08. The van der Waals surface area contributed by atoms with Gasteiger partial charge in [0.2, 0.25) is 0 Å². The largest absolute Gasteiger partial charge is 0.393 e. The summed E-state index contributed by atoms with van der Waals surface area (Å²) in [6.45, 7) is 4.42. The molecule has 2 aliphatic heterocycles. The molecular weight excluding hydrogens is 350 g/mol. The number of benzene rings is 1. The van der Waals surface area contributed by atoms with E-state index in [1.165, 1.54) is 6.42 Å². The predicted octanol–water partition coefficient (Wildman–Crippen LogP) is 3.53. The summed E-state index contributed by atoms with van der Waals surface area (Å²) >= 11 is 0. The number of fused-ring (bicyclic) bond motifs is 2. The van der Waals surface area contributed by atoms with Crippen LogP contribution >= 0.6 is 0 Å². The maximum Gasteiger partial charge on any atom is 0.178 e. The number of piperidine rings is 2. The van der Waals surface area contributed by atoms with Crippen LogP contribution in [0.4, 0.5) is 0 Å². The monoisotopic (exact) mass is 377 g/mol. The summed E-state index contributed by atoms with van der Waals surface area (Å²) in [5.74, 6) is 0.154. The summed E-state index contributed by atoms with van der Waals surface area (Å²) in [6.07, 6.45) is 4.70. The summed E-state index contributed by atoms with van der Waals surface area (Å²) in [5.41, 5.74) is 4.31. The number of carbonyl (C=O) groups excluding carboxylic acids is 1. The molecule has 28 heavy (non-hydrogen) atoms. The topological polar surface area (TPSA) is 69.3 Å². The van der Waals surface area contributed by atoms with E-state index >= 15 is 0 Å². The first-order valence-electron chi connectivity index (χ1n) is 10.1. The highest BCUT2D eigenvalue weighted by Crippen LogP contribution is 2.34. The molecule has 2 fully saturated rings. The molecule has 2 bridgehead atoms. The van der Waals surface area contributed by atoms with E-state index in [1.54, 1.807) is 12.1 Å². The molecule has 1 aromatic heterocycles. The molecule has 5 nitrogen and oxygen atoms in total. The van der Waals surface area contributed by atoms with Gasteiger partial charge >= 0.3 is 0 Å². The van der Waals surface area contributed by atoms with Crippen LogP contribution in [0.25, 0.3) is 5.69 Å². The third-order valence-corrected chi connectivity index (χ3v) is 6.41. The van der Waals surface area contributed by atoms with Gasteiger partial charge in [-0.1, -0.05) is 6.42 Å². The van der Waals surface area contributed by atoms with Crippen molar-refractivity contribution in [3.05, 3.63) is 52.8 Å². The van der Waals surface area contributed by atoms with Gasteiger partial charge in [-0.05, 0) is 69.9 Å². The van der Waals surface area contributed by atoms with Crippen molar-refractivity contribution in [2.45, 2.75) is 64.1 Å². The van der Waals surface area contributed by atoms with Crippen molar-refractivity contribution in [2.75, 3.05) is 6.54 Å². The standard InChI is InChI=1S/C23H27N3O2/c1-15-10-22(16(2)26(15)18-8-6-17(13-24)7-9-18)23(28)14-25-19-4-3-5-20(25)12-21(27)11-19/h6-10,19-21,27H,3-5,11-12,14H2,1-2H3. The zero-order chi connectivity index (χ0) is 19.8. The number of ketones is 1. The van der Waals surface area contributed by atoms with Crippen molar-refractivity contribution < 1.29 is 9.90 Å². The van der Waals surface area contributed by atoms with Crippen LogP contribution in [-0.4, -0.2) is 45.1 Å². The molecule has 2 atom stereocenters. The maximum absolute atomic E-state index is 13.2. The lowest BCUT2D eigenvalue weighted by Gasteiger charge is -2.47.